The summed E-state index contributed by atoms with van der Waals surface area (Å²) >= 11 is 0. The summed E-state index contributed by atoms with van der Waals surface area (Å²) in [6, 6.07) is 6.31. The van der Waals surface area contributed by atoms with Gasteiger partial charge in [-0.3, -0.25) is 0 Å². The molecule has 0 radical (unpaired) electrons. The molecule has 2 nitrogen and oxygen atoms in total. The Bertz CT molecular complexity index is 320. The van der Waals surface area contributed by atoms with Crippen LogP contribution in [0.3, 0.4) is 0 Å². The lowest BCUT2D eigenvalue weighted by molar-refractivity contribution is 0.303. The number of fused-ring (bicyclic) bond motifs is 1. The zero-order valence-corrected chi connectivity index (χ0v) is 8.12. The maximum atomic E-state index is 9.31. The molecule has 0 heterocycles. The molecule has 1 aromatic carbocycles. The Kier molecular flexibility index (Phi) is 2.00. The van der Waals surface area contributed by atoms with Gasteiger partial charge in [-0.1, -0.05) is 6.07 Å². The molecule has 0 spiro atoms. The van der Waals surface area contributed by atoms with Crippen LogP contribution in [-0.2, 0) is 12.8 Å². The molecule has 13 heavy (non-hydrogen) atoms. The van der Waals surface area contributed by atoms with Gasteiger partial charge in [-0.2, -0.15) is 0 Å². The molecule has 70 valence electrons. The van der Waals surface area contributed by atoms with E-state index in [1.54, 1.807) is 6.07 Å². The van der Waals surface area contributed by atoms with Crippen LogP contribution in [0.25, 0.3) is 0 Å². The van der Waals surface area contributed by atoms with Crippen LogP contribution in [0.15, 0.2) is 18.2 Å². The molecule has 1 atom stereocenters. The number of phenols is 1. The van der Waals surface area contributed by atoms with Crippen molar-refractivity contribution in [2.45, 2.75) is 18.9 Å². The van der Waals surface area contributed by atoms with Crippen molar-refractivity contribution < 1.29 is 5.11 Å². The standard InChI is InChI=1S/C11H15NO/c1-12(2)10-5-8-3-4-11(13)7-9(8)6-10/h3-4,7,10,13H,5-6H2,1-2H3. The van der Waals surface area contributed by atoms with E-state index in [0.717, 1.165) is 12.8 Å². The molecule has 0 aromatic heterocycles. The van der Waals surface area contributed by atoms with Crippen molar-refractivity contribution in [2.24, 2.45) is 0 Å². The molecule has 1 N–H and O–H groups in total. The van der Waals surface area contributed by atoms with E-state index in [0.29, 0.717) is 11.8 Å². The van der Waals surface area contributed by atoms with E-state index in [9.17, 15) is 5.11 Å². The maximum absolute atomic E-state index is 9.31. The number of rotatable bonds is 1. The molecule has 0 fully saturated rings. The Balaban J connectivity index is 2.25. The summed E-state index contributed by atoms with van der Waals surface area (Å²) in [5, 5.41) is 9.31. The molecule has 0 saturated carbocycles. The van der Waals surface area contributed by atoms with E-state index in [-0.39, 0.29) is 0 Å². The first kappa shape index (κ1) is 8.57. The Labute approximate surface area is 78.8 Å². The van der Waals surface area contributed by atoms with Crippen LogP contribution in [0, 0.1) is 0 Å². The summed E-state index contributed by atoms with van der Waals surface area (Å²) in [7, 11) is 4.22. The van der Waals surface area contributed by atoms with Gasteiger partial charge in [0.2, 0.25) is 0 Å². The van der Waals surface area contributed by atoms with Gasteiger partial charge in [0.1, 0.15) is 5.75 Å². The fourth-order valence-corrected chi connectivity index (χ4v) is 1.95. The van der Waals surface area contributed by atoms with Crippen LogP contribution < -0.4 is 0 Å². The first-order valence-electron chi connectivity index (χ1n) is 4.64. The van der Waals surface area contributed by atoms with Crippen LogP contribution in [0.4, 0.5) is 0 Å². The molecule has 0 amide bonds. The lowest BCUT2D eigenvalue weighted by Crippen LogP contribution is -2.27. The van der Waals surface area contributed by atoms with Gasteiger partial charge in [0.25, 0.3) is 0 Å². The minimum absolute atomic E-state index is 0.387. The highest BCUT2D eigenvalue weighted by Gasteiger charge is 2.22. The van der Waals surface area contributed by atoms with Crippen LogP contribution in [0.1, 0.15) is 11.1 Å². The van der Waals surface area contributed by atoms with E-state index in [4.69, 9.17) is 0 Å². The minimum Gasteiger partial charge on any atom is -0.508 e. The molecule has 0 saturated heterocycles. The molecule has 1 aliphatic carbocycles. The predicted molar refractivity (Wildman–Crippen MR) is 53.0 cm³/mol. The van der Waals surface area contributed by atoms with Gasteiger partial charge in [0.15, 0.2) is 0 Å². The van der Waals surface area contributed by atoms with Gasteiger partial charge in [-0.05, 0) is 50.2 Å². The molecule has 2 heteroatoms. The molecular formula is C11H15NO. The predicted octanol–water partition coefficient (Wildman–Crippen LogP) is 1.42. The van der Waals surface area contributed by atoms with E-state index in [1.807, 2.05) is 12.1 Å². The number of nitrogens with zero attached hydrogens (tertiary/aromatic N) is 1. The van der Waals surface area contributed by atoms with Gasteiger partial charge in [-0.15, -0.1) is 0 Å². The highest BCUT2D eigenvalue weighted by Crippen LogP contribution is 2.27. The topological polar surface area (TPSA) is 23.5 Å². The van der Waals surface area contributed by atoms with Gasteiger partial charge in [-0.25, -0.2) is 0 Å². The van der Waals surface area contributed by atoms with Gasteiger partial charge in [0.05, 0.1) is 0 Å². The van der Waals surface area contributed by atoms with Crippen molar-refractivity contribution in [3.05, 3.63) is 29.3 Å². The average molecular weight is 177 g/mol. The summed E-state index contributed by atoms with van der Waals surface area (Å²) < 4.78 is 0. The summed E-state index contributed by atoms with van der Waals surface area (Å²) in [5.41, 5.74) is 2.69. The third kappa shape index (κ3) is 1.54. The highest BCUT2D eigenvalue weighted by molar-refractivity contribution is 5.39. The molecule has 2 rings (SSSR count). The van der Waals surface area contributed by atoms with Gasteiger partial charge in [0, 0.05) is 6.04 Å². The molecule has 1 aromatic rings. The number of benzene rings is 1. The summed E-state index contributed by atoms with van der Waals surface area (Å²) in [6.45, 7) is 0. The Hall–Kier alpha value is -1.02. The number of aromatic hydroxyl groups is 1. The average Bonchev–Trinajstić information content (AvgIpc) is 2.46. The van der Waals surface area contributed by atoms with Crippen molar-refractivity contribution in [3.8, 4) is 5.75 Å². The van der Waals surface area contributed by atoms with Gasteiger partial charge >= 0.3 is 0 Å². The largest absolute Gasteiger partial charge is 0.508 e. The zero-order chi connectivity index (χ0) is 9.42. The van der Waals surface area contributed by atoms with Crippen molar-refractivity contribution >= 4 is 0 Å². The molecular weight excluding hydrogens is 162 g/mol. The quantitative estimate of drug-likeness (QED) is 0.701. The smallest absolute Gasteiger partial charge is 0.115 e. The normalized spacial score (nSPS) is 20.7. The number of phenolic OH excluding ortho intramolecular Hbond substituents is 1. The third-order valence-electron chi connectivity index (χ3n) is 2.83. The molecule has 0 aliphatic heterocycles. The van der Waals surface area contributed by atoms with Crippen molar-refractivity contribution in [3.63, 3.8) is 0 Å². The Morgan fingerprint density at radius 1 is 1.23 bits per heavy atom. The minimum atomic E-state index is 0.387. The van der Waals surface area contributed by atoms with Crippen molar-refractivity contribution in [2.75, 3.05) is 14.1 Å². The lowest BCUT2D eigenvalue weighted by Gasteiger charge is -2.17. The number of likely N-dealkylation sites (N-methyl/N-ethyl adjacent to an activating group) is 1. The second-order valence-electron chi connectivity index (χ2n) is 3.98. The molecule has 1 unspecified atom stereocenters. The molecule has 1 aliphatic rings. The summed E-state index contributed by atoms with van der Waals surface area (Å²) in [6.07, 6.45) is 2.18. The first-order valence-corrected chi connectivity index (χ1v) is 4.64. The second-order valence-corrected chi connectivity index (χ2v) is 3.98. The van der Waals surface area contributed by atoms with E-state index in [2.05, 4.69) is 19.0 Å². The second kappa shape index (κ2) is 3.04. The Morgan fingerprint density at radius 2 is 1.92 bits per heavy atom. The number of hydrogen-bond donors (Lipinski definition) is 1. The van der Waals surface area contributed by atoms with Crippen LogP contribution >= 0.6 is 0 Å². The zero-order valence-electron chi connectivity index (χ0n) is 8.12. The van der Waals surface area contributed by atoms with Crippen molar-refractivity contribution in [1.82, 2.24) is 4.90 Å². The Morgan fingerprint density at radius 3 is 2.62 bits per heavy atom. The highest BCUT2D eigenvalue weighted by atomic mass is 16.3. The summed E-state index contributed by atoms with van der Waals surface area (Å²) in [5.74, 6) is 0.387. The summed E-state index contributed by atoms with van der Waals surface area (Å²) in [4.78, 5) is 2.25. The van der Waals surface area contributed by atoms with Gasteiger partial charge < -0.3 is 10.0 Å². The SMILES string of the molecule is CN(C)C1Cc2ccc(O)cc2C1. The van der Waals surface area contributed by atoms with Crippen LogP contribution in [0.5, 0.6) is 5.75 Å². The fraction of sp³-hybridized carbons (Fsp3) is 0.455. The van der Waals surface area contributed by atoms with E-state index in [1.165, 1.54) is 11.1 Å². The maximum Gasteiger partial charge on any atom is 0.115 e. The van der Waals surface area contributed by atoms with E-state index < -0.39 is 0 Å². The van der Waals surface area contributed by atoms with Crippen LogP contribution in [0.2, 0.25) is 0 Å². The number of hydrogen-bond acceptors (Lipinski definition) is 2. The first-order chi connectivity index (χ1) is 6.16. The fourth-order valence-electron chi connectivity index (χ4n) is 1.95. The van der Waals surface area contributed by atoms with Crippen molar-refractivity contribution in [1.29, 1.82) is 0 Å². The van der Waals surface area contributed by atoms with Crippen LogP contribution in [-0.4, -0.2) is 30.1 Å². The molecule has 0 bridgehead atoms. The lowest BCUT2D eigenvalue weighted by atomic mass is 10.1. The monoisotopic (exact) mass is 177 g/mol. The third-order valence-corrected chi connectivity index (χ3v) is 2.83. The van der Waals surface area contributed by atoms with E-state index >= 15 is 0 Å².